The van der Waals surface area contributed by atoms with Crippen LogP contribution in [0.2, 0.25) is 0 Å². The van der Waals surface area contributed by atoms with Crippen LogP contribution < -0.4 is 5.32 Å². The number of hydrogen-bond acceptors (Lipinski definition) is 2. The molecule has 0 spiro atoms. The molecule has 0 fully saturated rings. The third-order valence-electron chi connectivity index (χ3n) is 1.73. The Morgan fingerprint density at radius 1 is 1.46 bits per heavy atom. The molecular weight excluding hydrogens is 178 g/mol. The molecule has 1 nitrogen and oxygen atoms in total. The van der Waals surface area contributed by atoms with Crippen LogP contribution in [0.25, 0.3) is 6.08 Å². The van der Waals surface area contributed by atoms with Crippen LogP contribution in [0.5, 0.6) is 0 Å². The van der Waals surface area contributed by atoms with E-state index >= 15 is 0 Å². The highest BCUT2D eigenvalue weighted by molar-refractivity contribution is 7.98. The van der Waals surface area contributed by atoms with E-state index < -0.39 is 0 Å². The molecule has 0 bridgehead atoms. The molecule has 0 saturated heterocycles. The van der Waals surface area contributed by atoms with Crippen molar-refractivity contribution < 1.29 is 0 Å². The van der Waals surface area contributed by atoms with Crippen LogP contribution in [0.4, 0.5) is 0 Å². The van der Waals surface area contributed by atoms with Crippen LogP contribution in [0.3, 0.4) is 0 Å². The van der Waals surface area contributed by atoms with Crippen molar-refractivity contribution in [3.05, 3.63) is 35.9 Å². The van der Waals surface area contributed by atoms with Gasteiger partial charge in [-0.05, 0) is 31.0 Å². The van der Waals surface area contributed by atoms with Crippen molar-refractivity contribution in [3.63, 3.8) is 0 Å². The first-order valence-corrected chi connectivity index (χ1v) is 5.54. The summed E-state index contributed by atoms with van der Waals surface area (Å²) >= 11 is 1.77. The molecule has 0 radical (unpaired) electrons. The Kier molecular flexibility index (Phi) is 4.65. The Bertz CT molecular complexity index is 281. The Hall–Kier alpha value is -0.730. The fraction of sp³-hybridized carbons (Fsp3) is 0.273. The van der Waals surface area contributed by atoms with Gasteiger partial charge in [-0.3, -0.25) is 0 Å². The van der Waals surface area contributed by atoms with Gasteiger partial charge in [-0.2, -0.15) is 0 Å². The Morgan fingerprint density at radius 3 is 3.00 bits per heavy atom. The van der Waals surface area contributed by atoms with Crippen molar-refractivity contribution in [3.8, 4) is 0 Å². The van der Waals surface area contributed by atoms with Gasteiger partial charge in [0.15, 0.2) is 0 Å². The van der Waals surface area contributed by atoms with E-state index in [9.17, 15) is 0 Å². The summed E-state index contributed by atoms with van der Waals surface area (Å²) in [6.07, 6.45) is 6.35. The molecule has 0 aliphatic carbocycles. The van der Waals surface area contributed by atoms with Crippen molar-refractivity contribution >= 4 is 17.8 Å². The Labute approximate surface area is 84.2 Å². The summed E-state index contributed by atoms with van der Waals surface area (Å²) in [6, 6.07) is 8.52. The van der Waals surface area contributed by atoms with Gasteiger partial charge < -0.3 is 5.32 Å². The lowest BCUT2D eigenvalue weighted by molar-refractivity contribution is 0.922. The summed E-state index contributed by atoms with van der Waals surface area (Å²) < 4.78 is 0. The Morgan fingerprint density at radius 2 is 2.31 bits per heavy atom. The van der Waals surface area contributed by atoms with Crippen molar-refractivity contribution in [1.29, 1.82) is 0 Å². The van der Waals surface area contributed by atoms with E-state index in [0.717, 1.165) is 6.54 Å². The van der Waals surface area contributed by atoms with Gasteiger partial charge in [0.25, 0.3) is 0 Å². The normalized spacial score (nSPS) is 10.9. The second-order valence-electron chi connectivity index (χ2n) is 2.74. The maximum absolute atomic E-state index is 3.07. The molecule has 1 aromatic rings. The average molecular weight is 193 g/mol. The first kappa shape index (κ1) is 10.4. The van der Waals surface area contributed by atoms with Crippen LogP contribution >= 0.6 is 11.8 Å². The Balaban J connectivity index is 2.66. The van der Waals surface area contributed by atoms with Gasteiger partial charge >= 0.3 is 0 Å². The third kappa shape index (κ3) is 3.66. The fourth-order valence-corrected chi connectivity index (χ4v) is 1.53. The monoisotopic (exact) mass is 193 g/mol. The standard InChI is InChI=1S/C11H15NS/c1-12-8-4-6-10-5-3-7-11(9-10)13-2/h3-7,9,12H,8H2,1-2H3. The summed E-state index contributed by atoms with van der Waals surface area (Å²) in [5.41, 5.74) is 1.27. The van der Waals surface area contributed by atoms with E-state index in [1.54, 1.807) is 11.8 Å². The lowest BCUT2D eigenvalue weighted by atomic mass is 10.2. The average Bonchev–Trinajstić information content (AvgIpc) is 2.19. The molecule has 0 aromatic heterocycles. The zero-order valence-electron chi connectivity index (χ0n) is 8.08. The topological polar surface area (TPSA) is 12.0 Å². The lowest BCUT2D eigenvalue weighted by Gasteiger charge is -1.97. The number of likely N-dealkylation sites (N-methyl/N-ethyl adjacent to an activating group) is 1. The molecule has 0 amide bonds. The van der Waals surface area contributed by atoms with Gasteiger partial charge in [-0.1, -0.05) is 24.3 Å². The van der Waals surface area contributed by atoms with Crippen LogP contribution in [0.1, 0.15) is 5.56 Å². The van der Waals surface area contributed by atoms with Crippen molar-refractivity contribution in [2.24, 2.45) is 0 Å². The molecule has 1 aromatic carbocycles. The second kappa shape index (κ2) is 5.84. The molecule has 0 heterocycles. The minimum absolute atomic E-state index is 0.920. The molecular formula is C11H15NS. The summed E-state index contributed by atoms with van der Waals surface area (Å²) in [6.45, 7) is 0.920. The summed E-state index contributed by atoms with van der Waals surface area (Å²) in [7, 11) is 1.95. The molecule has 0 aliphatic rings. The minimum atomic E-state index is 0.920. The number of hydrogen-bond donors (Lipinski definition) is 1. The number of rotatable bonds is 4. The SMILES string of the molecule is CNCC=Cc1cccc(SC)c1. The molecule has 1 N–H and O–H groups in total. The first-order chi connectivity index (χ1) is 6.36. The maximum atomic E-state index is 3.07. The van der Waals surface area contributed by atoms with Gasteiger partial charge in [0.1, 0.15) is 0 Å². The molecule has 0 aliphatic heterocycles. The summed E-state index contributed by atoms with van der Waals surface area (Å²) in [5.74, 6) is 0. The van der Waals surface area contributed by atoms with Crippen molar-refractivity contribution in [2.75, 3.05) is 19.8 Å². The second-order valence-corrected chi connectivity index (χ2v) is 3.62. The highest BCUT2D eigenvalue weighted by Crippen LogP contribution is 2.16. The van der Waals surface area contributed by atoms with E-state index in [0.29, 0.717) is 0 Å². The molecule has 1 rings (SSSR count). The molecule has 70 valence electrons. The summed E-state index contributed by atoms with van der Waals surface area (Å²) in [4.78, 5) is 1.31. The number of nitrogens with one attached hydrogen (secondary N) is 1. The smallest absolute Gasteiger partial charge is 0.0135 e. The summed E-state index contributed by atoms with van der Waals surface area (Å²) in [5, 5.41) is 3.07. The van der Waals surface area contributed by atoms with Crippen molar-refractivity contribution in [2.45, 2.75) is 4.90 Å². The predicted molar refractivity (Wildman–Crippen MR) is 61.2 cm³/mol. The molecule has 13 heavy (non-hydrogen) atoms. The zero-order valence-corrected chi connectivity index (χ0v) is 8.90. The maximum Gasteiger partial charge on any atom is 0.0135 e. The molecule has 0 atom stereocenters. The van der Waals surface area contributed by atoms with Crippen LogP contribution in [-0.2, 0) is 0 Å². The molecule has 0 saturated carbocycles. The number of benzene rings is 1. The lowest BCUT2D eigenvalue weighted by Crippen LogP contribution is -2.03. The van der Waals surface area contributed by atoms with E-state index in [-0.39, 0.29) is 0 Å². The fourth-order valence-electron chi connectivity index (χ4n) is 1.06. The minimum Gasteiger partial charge on any atom is -0.316 e. The van der Waals surface area contributed by atoms with Gasteiger partial charge in [0, 0.05) is 11.4 Å². The van der Waals surface area contributed by atoms with Gasteiger partial charge in [-0.25, -0.2) is 0 Å². The van der Waals surface area contributed by atoms with Crippen LogP contribution in [0, 0.1) is 0 Å². The van der Waals surface area contributed by atoms with Crippen molar-refractivity contribution in [1.82, 2.24) is 5.32 Å². The zero-order chi connectivity index (χ0) is 9.52. The highest BCUT2D eigenvalue weighted by atomic mass is 32.2. The third-order valence-corrected chi connectivity index (χ3v) is 2.45. The predicted octanol–water partition coefficient (Wildman–Crippen LogP) is 2.64. The van der Waals surface area contributed by atoms with E-state index in [4.69, 9.17) is 0 Å². The van der Waals surface area contributed by atoms with Crippen LogP contribution in [0.15, 0.2) is 35.2 Å². The van der Waals surface area contributed by atoms with E-state index in [1.165, 1.54) is 10.5 Å². The van der Waals surface area contributed by atoms with E-state index in [2.05, 4.69) is 48.0 Å². The largest absolute Gasteiger partial charge is 0.316 e. The molecule has 2 heteroatoms. The number of thioether (sulfide) groups is 1. The first-order valence-electron chi connectivity index (χ1n) is 4.32. The highest BCUT2D eigenvalue weighted by Gasteiger charge is 1.89. The van der Waals surface area contributed by atoms with Gasteiger partial charge in [-0.15, -0.1) is 11.8 Å². The van der Waals surface area contributed by atoms with Gasteiger partial charge in [0.05, 0.1) is 0 Å². The van der Waals surface area contributed by atoms with Gasteiger partial charge in [0.2, 0.25) is 0 Å². The van der Waals surface area contributed by atoms with Crippen LogP contribution in [-0.4, -0.2) is 19.8 Å². The quantitative estimate of drug-likeness (QED) is 0.738. The molecule has 0 unspecified atom stereocenters. The van der Waals surface area contributed by atoms with E-state index in [1.807, 2.05) is 7.05 Å².